The fraction of sp³-hybridized carbons (Fsp3) is 0.769. The van der Waals surface area contributed by atoms with E-state index in [2.05, 4.69) is 44.3 Å². The molecule has 2 unspecified atom stereocenters. The first kappa shape index (κ1) is 14.2. The highest BCUT2D eigenvalue weighted by molar-refractivity contribution is 5.09. The van der Waals surface area contributed by atoms with Crippen LogP contribution in [0.15, 0.2) is 12.4 Å². The van der Waals surface area contributed by atoms with Crippen LogP contribution in [0.25, 0.3) is 0 Å². The number of rotatable bonds is 7. The predicted octanol–water partition coefficient (Wildman–Crippen LogP) is 2.28. The standard InChI is InChI=1S/C13H25N3O/c1-5-6-13(17)8-14-11(4)12-7-15-16(9-12)10(2)3/h7,9-11,13-14,17H,5-6,8H2,1-4H3. The minimum Gasteiger partial charge on any atom is -0.392 e. The molecular weight excluding hydrogens is 214 g/mol. The molecule has 0 saturated heterocycles. The maximum absolute atomic E-state index is 9.66. The molecule has 0 aliphatic carbocycles. The summed E-state index contributed by atoms with van der Waals surface area (Å²) in [6, 6.07) is 0.621. The number of hydrogen-bond donors (Lipinski definition) is 2. The van der Waals surface area contributed by atoms with Gasteiger partial charge in [-0.2, -0.15) is 5.10 Å². The summed E-state index contributed by atoms with van der Waals surface area (Å²) >= 11 is 0. The Kier molecular flexibility index (Phi) is 5.65. The molecule has 17 heavy (non-hydrogen) atoms. The molecule has 4 nitrogen and oxygen atoms in total. The maximum Gasteiger partial charge on any atom is 0.0664 e. The highest BCUT2D eigenvalue weighted by Gasteiger charge is 2.10. The lowest BCUT2D eigenvalue weighted by molar-refractivity contribution is 0.157. The molecule has 1 rings (SSSR count). The number of hydrogen-bond acceptors (Lipinski definition) is 3. The van der Waals surface area contributed by atoms with Crippen molar-refractivity contribution in [3.05, 3.63) is 18.0 Å². The topological polar surface area (TPSA) is 50.1 Å². The van der Waals surface area contributed by atoms with Gasteiger partial charge in [0.15, 0.2) is 0 Å². The van der Waals surface area contributed by atoms with Gasteiger partial charge < -0.3 is 10.4 Å². The molecule has 0 saturated carbocycles. The monoisotopic (exact) mass is 239 g/mol. The van der Waals surface area contributed by atoms with Crippen LogP contribution in [-0.4, -0.2) is 27.5 Å². The van der Waals surface area contributed by atoms with Gasteiger partial charge in [0.05, 0.1) is 12.3 Å². The summed E-state index contributed by atoms with van der Waals surface area (Å²) in [5.41, 5.74) is 1.17. The molecule has 4 heteroatoms. The average molecular weight is 239 g/mol. The molecular formula is C13H25N3O. The van der Waals surface area contributed by atoms with E-state index in [1.807, 2.05) is 10.9 Å². The average Bonchev–Trinajstić information content (AvgIpc) is 2.75. The third-order valence-electron chi connectivity index (χ3n) is 2.93. The van der Waals surface area contributed by atoms with Crippen molar-refractivity contribution in [2.24, 2.45) is 0 Å². The van der Waals surface area contributed by atoms with E-state index in [9.17, 15) is 5.11 Å². The Balaban J connectivity index is 2.43. The van der Waals surface area contributed by atoms with Crippen molar-refractivity contribution in [1.82, 2.24) is 15.1 Å². The first-order chi connectivity index (χ1) is 8.04. The van der Waals surface area contributed by atoms with Crippen molar-refractivity contribution < 1.29 is 5.11 Å². The second-order valence-electron chi connectivity index (χ2n) is 4.92. The number of nitrogens with zero attached hydrogens (tertiary/aromatic N) is 2. The lowest BCUT2D eigenvalue weighted by Crippen LogP contribution is -2.28. The Bertz CT molecular complexity index is 322. The molecule has 0 aliphatic rings. The van der Waals surface area contributed by atoms with Gasteiger partial charge in [-0.05, 0) is 27.2 Å². The molecule has 2 atom stereocenters. The summed E-state index contributed by atoms with van der Waals surface area (Å²) in [4.78, 5) is 0. The highest BCUT2D eigenvalue weighted by Crippen LogP contribution is 2.13. The van der Waals surface area contributed by atoms with Crippen molar-refractivity contribution in [3.8, 4) is 0 Å². The number of aliphatic hydroxyl groups excluding tert-OH is 1. The van der Waals surface area contributed by atoms with Crippen molar-refractivity contribution in [3.63, 3.8) is 0 Å². The molecule has 1 aromatic rings. The number of aliphatic hydroxyl groups is 1. The third-order valence-corrected chi connectivity index (χ3v) is 2.93. The van der Waals surface area contributed by atoms with E-state index < -0.39 is 0 Å². The van der Waals surface area contributed by atoms with E-state index in [1.165, 1.54) is 5.56 Å². The molecule has 0 amide bonds. The van der Waals surface area contributed by atoms with Crippen LogP contribution in [0.5, 0.6) is 0 Å². The summed E-state index contributed by atoms with van der Waals surface area (Å²) < 4.78 is 1.95. The molecule has 0 bridgehead atoms. The van der Waals surface area contributed by atoms with Gasteiger partial charge in [0.25, 0.3) is 0 Å². The van der Waals surface area contributed by atoms with Gasteiger partial charge in [0.2, 0.25) is 0 Å². The molecule has 0 fully saturated rings. The van der Waals surface area contributed by atoms with Crippen LogP contribution in [0, 0.1) is 0 Å². The fourth-order valence-electron chi connectivity index (χ4n) is 1.72. The zero-order chi connectivity index (χ0) is 12.8. The molecule has 2 N–H and O–H groups in total. The van der Waals surface area contributed by atoms with Crippen LogP contribution >= 0.6 is 0 Å². The summed E-state index contributed by atoms with van der Waals surface area (Å²) in [5, 5.41) is 17.3. The molecule has 0 radical (unpaired) electrons. The largest absolute Gasteiger partial charge is 0.392 e. The van der Waals surface area contributed by atoms with E-state index in [0.29, 0.717) is 12.6 Å². The van der Waals surface area contributed by atoms with Crippen molar-refractivity contribution in [2.75, 3.05) is 6.54 Å². The first-order valence-electron chi connectivity index (χ1n) is 6.50. The Labute approximate surface area is 104 Å². The minimum atomic E-state index is -0.248. The van der Waals surface area contributed by atoms with E-state index >= 15 is 0 Å². The smallest absolute Gasteiger partial charge is 0.0664 e. The summed E-state index contributed by atoms with van der Waals surface area (Å²) in [6.07, 6.45) is 5.58. The lowest BCUT2D eigenvalue weighted by Gasteiger charge is -2.15. The van der Waals surface area contributed by atoms with Gasteiger partial charge >= 0.3 is 0 Å². The summed E-state index contributed by atoms with van der Waals surface area (Å²) in [7, 11) is 0. The Morgan fingerprint density at radius 2 is 2.12 bits per heavy atom. The second-order valence-corrected chi connectivity index (χ2v) is 4.92. The molecule has 1 heterocycles. The Hall–Kier alpha value is -0.870. The van der Waals surface area contributed by atoms with E-state index in [-0.39, 0.29) is 12.1 Å². The number of aromatic nitrogens is 2. The van der Waals surface area contributed by atoms with Gasteiger partial charge in [-0.15, -0.1) is 0 Å². The van der Waals surface area contributed by atoms with E-state index in [4.69, 9.17) is 0 Å². The zero-order valence-corrected chi connectivity index (χ0v) is 11.3. The molecule has 98 valence electrons. The SMILES string of the molecule is CCCC(O)CNC(C)c1cnn(C(C)C)c1. The van der Waals surface area contributed by atoms with Crippen molar-refractivity contribution in [1.29, 1.82) is 0 Å². The maximum atomic E-state index is 9.66. The van der Waals surface area contributed by atoms with Crippen molar-refractivity contribution in [2.45, 2.75) is 58.7 Å². The van der Waals surface area contributed by atoms with Crippen LogP contribution in [-0.2, 0) is 0 Å². The molecule has 0 spiro atoms. The van der Waals surface area contributed by atoms with E-state index in [0.717, 1.165) is 12.8 Å². The fourth-order valence-corrected chi connectivity index (χ4v) is 1.72. The Morgan fingerprint density at radius 3 is 2.65 bits per heavy atom. The zero-order valence-electron chi connectivity index (χ0n) is 11.3. The summed E-state index contributed by atoms with van der Waals surface area (Å²) in [6.45, 7) is 9.04. The van der Waals surface area contributed by atoms with Crippen molar-refractivity contribution >= 4 is 0 Å². The van der Waals surface area contributed by atoms with Crippen LogP contribution in [0.2, 0.25) is 0 Å². The first-order valence-corrected chi connectivity index (χ1v) is 6.50. The minimum absolute atomic E-state index is 0.231. The molecule has 1 aromatic heterocycles. The predicted molar refractivity (Wildman–Crippen MR) is 69.9 cm³/mol. The summed E-state index contributed by atoms with van der Waals surface area (Å²) in [5.74, 6) is 0. The normalized spacial score (nSPS) is 15.2. The lowest BCUT2D eigenvalue weighted by atomic mass is 10.1. The Morgan fingerprint density at radius 1 is 1.41 bits per heavy atom. The van der Waals surface area contributed by atoms with Crippen LogP contribution < -0.4 is 5.32 Å². The van der Waals surface area contributed by atoms with E-state index in [1.54, 1.807) is 0 Å². The molecule has 0 aromatic carbocycles. The van der Waals surface area contributed by atoms with Gasteiger partial charge in [-0.3, -0.25) is 4.68 Å². The highest BCUT2D eigenvalue weighted by atomic mass is 16.3. The van der Waals surface area contributed by atoms with Crippen LogP contribution in [0.4, 0.5) is 0 Å². The van der Waals surface area contributed by atoms with Crippen LogP contribution in [0.1, 0.15) is 58.2 Å². The second kappa shape index (κ2) is 6.77. The van der Waals surface area contributed by atoms with Gasteiger partial charge in [0.1, 0.15) is 0 Å². The van der Waals surface area contributed by atoms with Gasteiger partial charge in [-0.1, -0.05) is 13.3 Å². The van der Waals surface area contributed by atoms with Crippen LogP contribution in [0.3, 0.4) is 0 Å². The number of nitrogens with one attached hydrogen (secondary N) is 1. The van der Waals surface area contributed by atoms with Gasteiger partial charge in [0, 0.05) is 30.4 Å². The quantitative estimate of drug-likeness (QED) is 0.767. The third kappa shape index (κ3) is 4.48. The van der Waals surface area contributed by atoms with Gasteiger partial charge in [-0.25, -0.2) is 0 Å². The molecule has 0 aliphatic heterocycles.